The minimum absolute atomic E-state index is 0.349. The van der Waals surface area contributed by atoms with Crippen LogP contribution in [0.2, 0.25) is 0 Å². The molecule has 1 rings (SSSR count). The molecule has 0 spiro atoms. The van der Waals surface area contributed by atoms with Crippen molar-refractivity contribution in [2.24, 2.45) is 0 Å². The predicted molar refractivity (Wildman–Crippen MR) is 50.1 cm³/mol. The Kier molecular flexibility index (Phi) is 3.69. The van der Waals surface area contributed by atoms with Crippen LogP contribution in [0.15, 0.2) is 0 Å². The zero-order chi connectivity index (χ0) is 8.16. The van der Waals surface area contributed by atoms with Crippen LogP contribution < -0.4 is 5.32 Å². The molecule has 0 aromatic rings. The summed E-state index contributed by atoms with van der Waals surface area (Å²) in [5.74, 6) is 1.14. The highest BCUT2D eigenvalue weighted by Crippen LogP contribution is 2.30. The Labute approximate surface area is 72.8 Å². The second kappa shape index (κ2) is 4.33. The van der Waals surface area contributed by atoms with E-state index in [-0.39, 0.29) is 5.60 Å². The summed E-state index contributed by atoms with van der Waals surface area (Å²) in [5, 5.41) is 12.9. The molecule has 1 aliphatic rings. The van der Waals surface area contributed by atoms with Crippen LogP contribution in [0.5, 0.6) is 0 Å². The van der Waals surface area contributed by atoms with Crippen LogP contribution in [0.3, 0.4) is 0 Å². The molecule has 0 radical (unpaired) electrons. The van der Waals surface area contributed by atoms with E-state index in [0.717, 1.165) is 31.7 Å². The zero-order valence-corrected chi connectivity index (χ0v) is 7.91. The fourth-order valence-electron chi connectivity index (χ4n) is 1.26. The van der Waals surface area contributed by atoms with Crippen LogP contribution in [0, 0.1) is 0 Å². The molecule has 1 aliphatic carbocycles. The molecular formula is C8H17NOS. The topological polar surface area (TPSA) is 32.3 Å². The lowest BCUT2D eigenvalue weighted by atomic mass is 9.80. The van der Waals surface area contributed by atoms with Crippen LogP contribution in [-0.4, -0.2) is 35.8 Å². The maximum absolute atomic E-state index is 9.64. The Hall–Kier alpha value is 0.270. The number of hydrogen-bond acceptors (Lipinski definition) is 3. The molecule has 0 aromatic carbocycles. The summed E-state index contributed by atoms with van der Waals surface area (Å²) >= 11 is 1.83. The SMILES string of the molecule is CSCCNCC1(O)CCC1. The van der Waals surface area contributed by atoms with E-state index in [4.69, 9.17) is 0 Å². The van der Waals surface area contributed by atoms with Crippen LogP contribution >= 0.6 is 11.8 Å². The van der Waals surface area contributed by atoms with Crippen LogP contribution in [0.1, 0.15) is 19.3 Å². The normalized spacial score (nSPS) is 21.3. The van der Waals surface area contributed by atoms with Crippen molar-refractivity contribution in [1.29, 1.82) is 0 Å². The van der Waals surface area contributed by atoms with Crippen molar-refractivity contribution >= 4 is 11.8 Å². The highest BCUT2D eigenvalue weighted by molar-refractivity contribution is 7.98. The van der Waals surface area contributed by atoms with Crippen molar-refractivity contribution in [3.63, 3.8) is 0 Å². The Balaban J connectivity index is 1.94. The predicted octanol–water partition coefficient (Wildman–Crippen LogP) is 0.854. The molecule has 0 amide bonds. The van der Waals surface area contributed by atoms with Gasteiger partial charge in [0.2, 0.25) is 0 Å². The molecule has 1 saturated carbocycles. The lowest BCUT2D eigenvalue weighted by Crippen LogP contribution is -2.46. The number of thioether (sulfide) groups is 1. The fourth-order valence-corrected chi connectivity index (χ4v) is 1.61. The molecule has 1 fully saturated rings. The van der Waals surface area contributed by atoms with Gasteiger partial charge >= 0.3 is 0 Å². The largest absolute Gasteiger partial charge is 0.389 e. The molecule has 3 heteroatoms. The van der Waals surface area contributed by atoms with Gasteiger partial charge in [-0.25, -0.2) is 0 Å². The smallest absolute Gasteiger partial charge is 0.0771 e. The summed E-state index contributed by atoms with van der Waals surface area (Å²) in [6.07, 6.45) is 5.26. The molecule has 0 aromatic heterocycles. The van der Waals surface area contributed by atoms with E-state index in [9.17, 15) is 5.11 Å². The third-order valence-electron chi connectivity index (χ3n) is 2.22. The molecule has 66 valence electrons. The standard InChI is InChI=1S/C8H17NOS/c1-11-6-5-9-7-8(10)3-2-4-8/h9-10H,2-7H2,1H3. The van der Waals surface area contributed by atoms with E-state index in [0.29, 0.717) is 0 Å². The van der Waals surface area contributed by atoms with E-state index in [1.54, 1.807) is 0 Å². The van der Waals surface area contributed by atoms with Gasteiger partial charge in [-0.15, -0.1) is 0 Å². The highest BCUT2D eigenvalue weighted by Gasteiger charge is 2.33. The van der Waals surface area contributed by atoms with Gasteiger partial charge in [0.15, 0.2) is 0 Å². The van der Waals surface area contributed by atoms with Gasteiger partial charge in [-0.05, 0) is 25.5 Å². The first-order valence-corrected chi connectivity index (χ1v) is 5.58. The first-order valence-electron chi connectivity index (χ1n) is 4.19. The quantitative estimate of drug-likeness (QED) is 0.608. The monoisotopic (exact) mass is 175 g/mol. The lowest BCUT2D eigenvalue weighted by Gasteiger charge is -2.36. The van der Waals surface area contributed by atoms with Crippen molar-refractivity contribution < 1.29 is 5.11 Å². The first kappa shape index (κ1) is 9.36. The highest BCUT2D eigenvalue weighted by atomic mass is 32.2. The first-order chi connectivity index (χ1) is 5.27. The van der Waals surface area contributed by atoms with Crippen molar-refractivity contribution in [2.45, 2.75) is 24.9 Å². The minimum atomic E-state index is -0.349. The number of nitrogens with one attached hydrogen (secondary N) is 1. The summed E-state index contributed by atoms with van der Waals surface area (Å²) < 4.78 is 0. The second-order valence-electron chi connectivity index (χ2n) is 3.25. The Morgan fingerprint density at radius 1 is 1.55 bits per heavy atom. The van der Waals surface area contributed by atoms with Crippen molar-refractivity contribution in [3.05, 3.63) is 0 Å². The molecular weight excluding hydrogens is 158 g/mol. The van der Waals surface area contributed by atoms with Gasteiger partial charge in [-0.2, -0.15) is 11.8 Å². The lowest BCUT2D eigenvalue weighted by molar-refractivity contribution is -0.0307. The summed E-state index contributed by atoms with van der Waals surface area (Å²) in [5.41, 5.74) is -0.349. The fraction of sp³-hybridized carbons (Fsp3) is 1.00. The average Bonchev–Trinajstić information content (AvgIpc) is 1.95. The van der Waals surface area contributed by atoms with Gasteiger partial charge in [0, 0.05) is 18.8 Å². The molecule has 0 unspecified atom stereocenters. The summed E-state index contributed by atoms with van der Waals surface area (Å²) in [7, 11) is 0. The van der Waals surface area contributed by atoms with Gasteiger partial charge in [0.05, 0.1) is 5.60 Å². The maximum atomic E-state index is 9.64. The number of rotatable bonds is 5. The summed E-state index contributed by atoms with van der Waals surface area (Å²) in [6, 6.07) is 0. The molecule has 0 bridgehead atoms. The minimum Gasteiger partial charge on any atom is -0.389 e. The van der Waals surface area contributed by atoms with Crippen LogP contribution in [0.25, 0.3) is 0 Å². The van der Waals surface area contributed by atoms with E-state index >= 15 is 0 Å². The molecule has 2 nitrogen and oxygen atoms in total. The second-order valence-corrected chi connectivity index (χ2v) is 4.23. The number of hydrogen-bond donors (Lipinski definition) is 2. The van der Waals surface area contributed by atoms with Gasteiger partial charge in [0.25, 0.3) is 0 Å². The molecule has 0 saturated heterocycles. The Morgan fingerprint density at radius 3 is 2.73 bits per heavy atom. The zero-order valence-electron chi connectivity index (χ0n) is 7.10. The van der Waals surface area contributed by atoms with Crippen molar-refractivity contribution in [3.8, 4) is 0 Å². The van der Waals surface area contributed by atoms with Gasteiger partial charge in [0.1, 0.15) is 0 Å². The summed E-state index contributed by atoms with van der Waals surface area (Å²) in [4.78, 5) is 0. The van der Waals surface area contributed by atoms with Crippen molar-refractivity contribution in [1.82, 2.24) is 5.32 Å². The molecule has 2 N–H and O–H groups in total. The molecule has 11 heavy (non-hydrogen) atoms. The Morgan fingerprint density at radius 2 is 2.27 bits per heavy atom. The van der Waals surface area contributed by atoms with Gasteiger partial charge < -0.3 is 10.4 Å². The van der Waals surface area contributed by atoms with Gasteiger partial charge in [-0.3, -0.25) is 0 Å². The summed E-state index contributed by atoms with van der Waals surface area (Å²) in [6.45, 7) is 1.80. The van der Waals surface area contributed by atoms with Crippen LogP contribution in [0.4, 0.5) is 0 Å². The van der Waals surface area contributed by atoms with E-state index < -0.39 is 0 Å². The van der Waals surface area contributed by atoms with Crippen LogP contribution in [-0.2, 0) is 0 Å². The third-order valence-corrected chi connectivity index (χ3v) is 2.83. The number of aliphatic hydroxyl groups is 1. The molecule has 0 aliphatic heterocycles. The van der Waals surface area contributed by atoms with E-state index in [1.165, 1.54) is 6.42 Å². The van der Waals surface area contributed by atoms with Gasteiger partial charge in [-0.1, -0.05) is 0 Å². The van der Waals surface area contributed by atoms with E-state index in [2.05, 4.69) is 11.6 Å². The average molecular weight is 175 g/mol. The van der Waals surface area contributed by atoms with Crippen molar-refractivity contribution in [2.75, 3.05) is 25.1 Å². The molecule has 0 heterocycles. The Bertz CT molecular complexity index is 115. The van der Waals surface area contributed by atoms with E-state index in [1.807, 2.05) is 11.8 Å². The molecule has 0 atom stereocenters. The third kappa shape index (κ3) is 3.01. The maximum Gasteiger partial charge on any atom is 0.0771 e.